The molecular weight excluding hydrogens is 272 g/mol. The molecular formula is C15H24N2O2S. The van der Waals surface area contributed by atoms with Crippen molar-refractivity contribution in [2.45, 2.75) is 68.7 Å². The van der Waals surface area contributed by atoms with Gasteiger partial charge in [-0.05, 0) is 45.4 Å². The first kappa shape index (κ1) is 14.2. The lowest BCUT2D eigenvalue weighted by atomic mass is 9.95. The smallest absolute Gasteiger partial charge is 0.243 e. The van der Waals surface area contributed by atoms with Gasteiger partial charge in [0.15, 0.2) is 0 Å². The molecule has 2 saturated carbocycles. The van der Waals surface area contributed by atoms with Gasteiger partial charge in [0, 0.05) is 11.3 Å². The zero-order chi connectivity index (χ0) is 14.4. The Kier molecular flexibility index (Phi) is 3.51. The van der Waals surface area contributed by atoms with Gasteiger partial charge in [-0.1, -0.05) is 12.8 Å². The van der Waals surface area contributed by atoms with E-state index in [2.05, 4.69) is 10.6 Å². The van der Waals surface area contributed by atoms with E-state index in [0.29, 0.717) is 11.7 Å². The molecule has 2 N–H and O–H groups in total. The maximum atomic E-state index is 12.4. The molecule has 1 atom stereocenters. The lowest BCUT2D eigenvalue weighted by Crippen LogP contribution is -2.59. The van der Waals surface area contributed by atoms with Crippen molar-refractivity contribution < 1.29 is 9.59 Å². The summed E-state index contributed by atoms with van der Waals surface area (Å²) < 4.78 is -0.417. The van der Waals surface area contributed by atoms with Gasteiger partial charge in [0.25, 0.3) is 0 Å². The van der Waals surface area contributed by atoms with E-state index in [1.165, 1.54) is 25.7 Å². The highest BCUT2D eigenvalue weighted by Gasteiger charge is 2.52. The summed E-state index contributed by atoms with van der Waals surface area (Å²) in [5, 5.41) is 6.14. The molecule has 112 valence electrons. The Bertz CT molecular complexity index is 426. The molecule has 3 rings (SSSR count). The van der Waals surface area contributed by atoms with Gasteiger partial charge in [0.2, 0.25) is 11.8 Å². The molecule has 1 aliphatic heterocycles. The molecule has 5 heteroatoms. The molecule has 3 fully saturated rings. The van der Waals surface area contributed by atoms with E-state index < -0.39 is 4.75 Å². The summed E-state index contributed by atoms with van der Waals surface area (Å²) in [4.78, 5) is 24.4. The second kappa shape index (κ2) is 4.93. The first-order chi connectivity index (χ1) is 9.43. The molecule has 2 aliphatic carbocycles. The Morgan fingerprint density at radius 1 is 1.30 bits per heavy atom. The highest BCUT2D eigenvalue weighted by molar-refractivity contribution is 8.01. The molecule has 0 aromatic carbocycles. The minimum absolute atomic E-state index is 0.0192. The molecule has 1 heterocycles. The Labute approximate surface area is 124 Å². The Morgan fingerprint density at radius 2 is 1.95 bits per heavy atom. The monoisotopic (exact) mass is 296 g/mol. The quantitative estimate of drug-likeness (QED) is 0.835. The average Bonchev–Trinajstić information content (AvgIpc) is 2.96. The fraction of sp³-hybridized carbons (Fsp3) is 0.867. The van der Waals surface area contributed by atoms with Gasteiger partial charge in [0.05, 0.1) is 4.75 Å². The van der Waals surface area contributed by atoms with E-state index in [1.54, 1.807) is 11.8 Å². The minimum Gasteiger partial charge on any atom is -0.349 e. The van der Waals surface area contributed by atoms with Gasteiger partial charge in [-0.2, -0.15) is 0 Å². The summed E-state index contributed by atoms with van der Waals surface area (Å²) >= 11 is 1.57. The Morgan fingerprint density at radius 3 is 2.50 bits per heavy atom. The normalized spacial score (nSPS) is 31.7. The number of nitrogens with one attached hydrogen (secondary N) is 2. The van der Waals surface area contributed by atoms with Gasteiger partial charge in [0.1, 0.15) is 6.04 Å². The third-order valence-corrected chi connectivity index (χ3v) is 6.48. The van der Waals surface area contributed by atoms with E-state index in [0.717, 1.165) is 12.8 Å². The number of rotatable bonds is 3. The van der Waals surface area contributed by atoms with Crippen LogP contribution in [0.1, 0.15) is 52.4 Å². The van der Waals surface area contributed by atoms with Crippen LogP contribution in [0.2, 0.25) is 0 Å². The predicted molar refractivity (Wildman–Crippen MR) is 80.5 cm³/mol. The zero-order valence-corrected chi connectivity index (χ0v) is 13.1. The topological polar surface area (TPSA) is 58.2 Å². The molecule has 0 bridgehead atoms. The Hall–Kier alpha value is -0.710. The van der Waals surface area contributed by atoms with Crippen molar-refractivity contribution >= 4 is 23.6 Å². The molecule has 4 nitrogen and oxygen atoms in total. The largest absolute Gasteiger partial charge is 0.349 e. The maximum Gasteiger partial charge on any atom is 0.243 e. The fourth-order valence-corrected chi connectivity index (χ4v) is 4.46. The second-order valence-electron chi connectivity index (χ2n) is 6.97. The molecule has 1 saturated heterocycles. The lowest BCUT2D eigenvalue weighted by molar-refractivity contribution is -0.130. The van der Waals surface area contributed by atoms with Gasteiger partial charge >= 0.3 is 0 Å². The van der Waals surface area contributed by atoms with Crippen LogP contribution in [-0.4, -0.2) is 33.9 Å². The van der Waals surface area contributed by atoms with Crippen LogP contribution in [0, 0.1) is 5.92 Å². The highest BCUT2D eigenvalue weighted by Crippen LogP contribution is 2.49. The number of thioether (sulfide) groups is 1. The zero-order valence-electron chi connectivity index (χ0n) is 12.3. The third-order valence-electron chi connectivity index (χ3n) is 5.08. The van der Waals surface area contributed by atoms with Gasteiger partial charge < -0.3 is 10.6 Å². The summed E-state index contributed by atoms with van der Waals surface area (Å²) in [6.07, 6.45) is 7.32. The highest BCUT2D eigenvalue weighted by atomic mass is 32.2. The molecule has 0 unspecified atom stereocenters. The van der Waals surface area contributed by atoms with Crippen LogP contribution >= 0.6 is 11.8 Å². The lowest BCUT2D eigenvalue weighted by Gasteiger charge is -2.34. The SMILES string of the molecule is CC1(C)SC[C@H](C(=O)NC2(C3CCCC3)CC2)NC1=O. The minimum atomic E-state index is -0.417. The van der Waals surface area contributed by atoms with Crippen LogP contribution in [-0.2, 0) is 9.59 Å². The molecule has 3 aliphatic rings. The molecule has 0 aromatic rings. The Balaban J connectivity index is 1.59. The number of hydrogen-bond acceptors (Lipinski definition) is 3. The van der Waals surface area contributed by atoms with Crippen LogP contribution in [0.15, 0.2) is 0 Å². The number of amides is 2. The summed E-state index contributed by atoms with van der Waals surface area (Å²) in [5.74, 6) is 1.32. The van der Waals surface area contributed by atoms with Crippen molar-refractivity contribution in [1.82, 2.24) is 10.6 Å². The van der Waals surface area contributed by atoms with Crippen LogP contribution in [0.3, 0.4) is 0 Å². The molecule has 0 spiro atoms. The van der Waals surface area contributed by atoms with Crippen molar-refractivity contribution in [1.29, 1.82) is 0 Å². The van der Waals surface area contributed by atoms with Gasteiger partial charge in [-0.25, -0.2) is 0 Å². The van der Waals surface area contributed by atoms with Crippen molar-refractivity contribution in [2.75, 3.05) is 5.75 Å². The molecule has 0 aromatic heterocycles. The van der Waals surface area contributed by atoms with E-state index in [9.17, 15) is 9.59 Å². The summed E-state index contributed by atoms with van der Waals surface area (Å²) in [6, 6.07) is -0.362. The van der Waals surface area contributed by atoms with Gasteiger partial charge in [-0.3, -0.25) is 9.59 Å². The predicted octanol–water partition coefficient (Wildman–Crippen LogP) is 1.84. The van der Waals surface area contributed by atoms with Crippen molar-refractivity contribution in [3.05, 3.63) is 0 Å². The summed E-state index contributed by atoms with van der Waals surface area (Å²) in [7, 11) is 0. The van der Waals surface area contributed by atoms with Crippen molar-refractivity contribution in [2.24, 2.45) is 5.92 Å². The van der Waals surface area contributed by atoms with Crippen LogP contribution in [0.25, 0.3) is 0 Å². The number of carbonyl (C=O) groups is 2. The molecule has 2 amide bonds. The third kappa shape index (κ3) is 2.57. The van der Waals surface area contributed by atoms with Crippen LogP contribution in [0.4, 0.5) is 0 Å². The first-order valence-corrected chi connectivity index (χ1v) is 8.68. The van der Waals surface area contributed by atoms with Crippen molar-refractivity contribution in [3.63, 3.8) is 0 Å². The number of hydrogen-bond donors (Lipinski definition) is 2. The van der Waals surface area contributed by atoms with Crippen LogP contribution < -0.4 is 10.6 Å². The molecule has 0 radical (unpaired) electrons. The number of carbonyl (C=O) groups excluding carboxylic acids is 2. The molecule has 20 heavy (non-hydrogen) atoms. The average molecular weight is 296 g/mol. The summed E-state index contributed by atoms with van der Waals surface area (Å²) in [5.41, 5.74) is 0.0654. The van der Waals surface area contributed by atoms with Crippen LogP contribution in [0.5, 0.6) is 0 Å². The van der Waals surface area contributed by atoms with E-state index in [4.69, 9.17) is 0 Å². The fourth-order valence-electron chi connectivity index (χ4n) is 3.45. The van der Waals surface area contributed by atoms with E-state index >= 15 is 0 Å². The summed E-state index contributed by atoms with van der Waals surface area (Å²) in [6.45, 7) is 3.81. The maximum absolute atomic E-state index is 12.4. The standard InChI is InChI=1S/C15H24N2O2S/c1-14(2)13(19)16-11(9-20-14)12(18)17-15(7-8-15)10-5-3-4-6-10/h10-11H,3-9H2,1-2H3,(H,16,19)(H,17,18)/t11-/m1/s1. The van der Waals surface area contributed by atoms with Gasteiger partial charge in [-0.15, -0.1) is 11.8 Å². The van der Waals surface area contributed by atoms with Crippen molar-refractivity contribution in [3.8, 4) is 0 Å². The van der Waals surface area contributed by atoms with E-state index in [1.807, 2.05) is 13.8 Å². The first-order valence-electron chi connectivity index (χ1n) is 7.70. The van der Waals surface area contributed by atoms with E-state index in [-0.39, 0.29) is 23.4 Å². The second-order valence-corrected chi connectivity index (χ2v) is 8.62.